The Hall–Kier alpha value is -0.900. The van der Waals surface area contributed by atoms with Gasteiger partial charge in [0.1, 0.15) is 0 Å². The first kappa shape index (κ1) is 14.1. The fourth-order valence-electron chi connectivity index (χ4n) is 3.61. The van der Waals surface area contributed by atoms with Crippen molar-refractivity contribution in [2.24, 2.45) is 5.92 Å². The van der Waals surface area contributed by atoms with Gasteiger partial charge in [-0.1, -0.05) is 30.3 Å². The zero-order chi connectivity index (χ0) is 13.6. The standard InChI is InChI=1S/C17H26N2O/c1-2-6-15(7-3-1)13-20-14-19-11-5-9-17(19)16-8-4-10-18-12-16/h1-3,6-7,16-18H,4-5,8-14H2. The Morgan fingerprint density at radius 2 is 2.05 bits per heavy atom. The van der Waals surface area contributed by atoms with Crippen molar-refractivity contribution in [3.05, 3.63) is 35.9 Å². The molecule has 0 aromatic heterocycles. The molecule has 0 amide bonds. The molecule has 0 spiro atoms. The molecule has 2 saturated heterocycles. The first-order valence-corrected chi connectivity index (χ1v) is 8.00. The lowest BCUT2D eigenvalue weighted by molar-refractivity contribution is -0.00238. The molecule has 0 radical (unpaired) electrons. The van der Waals surface area contributed by atoms with Crippen molar-refractivity contribution in [2.45, 2.75) is 38.3 Å². The van der Waals surface area contributed by atoms with Gasteiger partial charge in [-0.05, 0) is 50.3 Å². The monoisotopic (exact) mass is 274 g/mol. The van der Waals surface area contributed by atoms with Crippen LogP contribution in [-0.2, 0) is 11.3 Å². The summed E-state index contributed by atoms with van der Waals surface area (Å²) in [4.78, 5) is 2.56. The molecule has 0 bridgehead atoms. The highest BCUT2D eigenvalue weighted by molar-refractivity contribution is 5.13. The van der Waals surface area contributed by atoms with Crippen molar-refractivity contribution in [2.75, 3.05) is 26.4 Å². The highest BCUT2D eigenvalue weighted by Gasteiger charge is 2.32. The Labute approximate surface area is 122 Å². The molecule has 3 heteroatoms. The van der Waals surface area contributed by atoms with E-state index in [2.05, 4.69) is 40.5 Å². The van der Waals surface area contributed by atoms with Crippen LogP contribution in [0.2, 0.25) is 0 Å². The molecule has 2 aliphatic heterocycles. The molecule has 2 aliphatic rings. The molecule has 1 aromatic rings. The molecule has 1 N–H and O–H groups in total. The highest BCUT2D eigenvalue weighted by Crippen LogP contribution is 2.28. The minimum absolute atomic E-state index is 0.729. The van der Waals surface area contributed by atoms with Gasteiger partial charge in [0.2, 0.25) is 0 Å². The van der Waals surface area contributed by atoms with Crippen LogP contribution >= 0.6 is 0 Å². The summed E-state index contributed by atoms with van der Waals surface area (Å²) < 4.78 is 5.93. The largest absolute Gasteiger partial charge is 0.361 e. The van der Waals surface area contributed by atoms with Crippen molar-refractivity contribution >= 4 is 0 Å². The van der Waals surface area contributed by atoms with Gasteiger partial charge < -0.3 is 10.1 Å². The molecule has 1 aromatic carbocycles. The third-order valence-corrected chi connectivity index (χ3v) is 4.66. The van der Waals surface area contributed by atoms with E-state index in [0.29, 0.717) is 0 Å². The van der Waals surface area contributed by atoms with Crippen LogP contribution in [0.15, 0.2) is 30.3 Å². The first-order valence-electron chi connectivity index (χ1n) is 8.00. The van der Waals surface area contributed by atoms with Crippen LogP contribution < -0.4 is 5.32 Å². The van der Waals surface area contributed by atoms with Crippen LogP contribution in [0.5, 0.6) is 0 Å². The fourth-order valence-corrected chi connectivity index (χ4v) is 3.61. The molecular formula is C17H26N2O. The second-order valence-corrected chi connectivity index (χ2v) is 6.09. The van der Waals surface area contributed by atoms with E-state index in [1.807, 2.05) is 0 Å². The lowest BCUT2D eigenvalue weighted by Crippen LogP contribution is -2.43. The molecule has 2 heterocycles. The van der Waals surface area contributed by atoms with Crippen molar-refractivity contribution < 1.29 is 4.74 Å². The second kappa shape index (κ2) is 7.21. The van der Waals surface area contributed by atoms with Crippen molar-refractivity contribution in [1.82, 2.24) is 10.2 Å². The summed E-state index contributed by atoms with van der Waals surface area (Å²) in [5.74, 6) is 0.826. The van der Waals surface area contributed by atoms with Crippen LogP contribution in [0.3, 0.4) is 0 Å². The zero-order valence-electron chi connectivity index (χ0n) is 12.3. The number of piperidine rings is 1. The molecule has 2 fully saturated rings. The maximum Gasteiger partial charge on any atom is 0.0997 e. The Bertz CT molecular complexity index is 389. The molecule has 2 atom stereocenters. The zero-order valence-corrected chi connectivity index (χ0v) is 12.3. The SMILES string of the molecule is c1ccc(COCN2CCCC2C2CCCNC2)cc1. The Morgan fingerprint density at radius 1 is 1.15 bits per heavy atom. The number of ether oxygens (including phenoxy) is 1. The predicted molar refractivity (Wildman–Crippen MR) is 81.4 cm³/mol. The second-order valence-electron chi connectivity index (χ2n) is 6.09. The van der Waals surface area contributed by atoms with E-state index in [-0.39, 0.29) is 0 Å². The normalized spacial score (nSPS) is 27.8. The molecule has 3 rings (SSSR count). The number of nitrogens with zero attached hydrogens (tertiary/aromatic N) is 1. The Kier molecular flexibility index (Phi) is 5.06. The number of likely N-dealkylation sites (tertiary alicyclic amines) is 1. The summed E-state index contributed by atoms with van der Waals surface area (Å²) in [6.07, 6.45) is 5.39. The minimum Gasteiger partial charge on any atom is -0.361 e. The van der Waals surface area contributed by atoms with Crippen LogP contribution in [0.25, 0.3) is 0 Å². The number of hydrogen-bond acceptors (Lipinski definition) is 3. The van der Waals surface area contributed by atoms with Gasteiger partial charge in [0.25, 0.3) is 0 Å². The molecule has 3 nitrogen and oxygen atoms in total. The maximum atomic E-state index is 5.93. The summed E-state index contributed by atoms with van der Waals surface area (Å²) in [5, 5.41) is 3.55. The number of nitrogens with one attached hydrogen (secondary N) is 1. The van der Waals surface area contributed by atoms with E-state index in [4.69, 9.17) is 4.74 Å². The van der Waals surface area contributed by atoms with Crippen LogP contribution in [0.4, 0.5) is 0 Å². The number of rotatable bonds is 5. The van der Waals surface area contributed by atoms with Gasteiger partial charge >= 0.3 is 0 Å². The fraction of sp³-hybridized carbons (Fsp3) is 0.647. The molecule has 110 valence electrons. The molecule has 0 saturated carbocycles. The van der Waals surface area contributed by atoms with Gasteiger partial charge in [0, 0.05) is 12.6 Å². The third kappa shape index (κ3) is 3.60. The van der Waals surface area contributed by atoms with E-state index in [1.165, 1.54) is 50.9 Å². The third-order valence-electron chi connectivity index (χ3n) is 4.66. The first-order chi connectivity index (χ1) is 9.93. The maximum absolute atomic E-state index is 5.93. The summed E-state index contributed by atoms with van der Waals surface area (Å²) >= 11 is 0. The Balaban J connectivity index is 1.46. The van der Waals surface area contributed by atoms with Crippen molar-refractivity contribution in [1.29, 1.82) is 0 Å². The molecule has 2 unspecified atom stereocenters. The lowest BCUT2D eigenvalue weighted by atomic mass is 9.90. The van der Waals surface area contributed by atoms with Gasteiger partial charge in [0.05, 0.1) is 13.3 Å². The molecule has 20 heavy (non-hydrogen) atoms. The Morgan fingerprint density at radius 3 is 2.85 bits per heavy atom. The number of hydrogen-bond donors (Lipinski definition) is 1. The van der Waals surface area contributed by atoms with Crippen molar-refractivity contribution in [3.8, 4) is 0 Å². The molecule has 0 aliphatic carbocycles. The smallest absolute Gasteiger partial charge is 0.0997 e. The van der Waals surface area contributed by atoms with Gasteiger partial charge in [0.15, 0.2) is 0 Å². The minimum atomic E-state index is 0.729. The average molecular weight is 274 g/mol. The van der Waals surface area contributed by atoms with Gasteiger partial charge in [-0.15, -0.1) is 0 Å². The lowest BCUT2D eigenvalue weighted by Gasteiger charge is -2.34. The predicted octanol–water partition coefficient (Wildman–Crippen LogP) is 2.62. The van der Waals surface area contributed by atoms with Crippen molar-refractivity contribution in [3.63, 3.8) is 0 Å². The van der Waals surface area contributed by atoms with E-state index in [9.17, 15) is 0 Å². The summed E-state index contributed by atoms with van der Waals surface area (Å²) in [5.41, 5.74) is 1.27. The quantitative estimate of drug-likeness (QED) is 0.893. The number of benzene rings is 1. The summed E-state index contributed by atoms with van der Waals surface area (Å²) in [6, 6.07) is 11.2. The summed E-state index contributed by atoms with van der Waals surface area (Å²) in [7, 11) is 0. The molecular weight excluding hydrogens is 248 g/mol. The topological polar surface area (TPSA) is 24.5 Å². The van der Waals surface area contributed by atoms with Gasteiger partial charge in [-0.2, -0.15) is 0 Å². The van der Waals surface area contributed by atoms with E-state index < -0.39 is 0 Å². The van der Waals surface area contributed by atoms with Crippen LogP contribution in [-0.4, -0.2) is 37.3 Å². The van der Waals surface area contributed by atoms with E-state index >= 15 is 0 Å². The van der Waals surface area contributed by atoms with Gasteiger partial charge in [-0.25, -0.2) is 0 Å². The highest BCUT2D eigenvalue weighted by atomic mass is 16.5. The average Bonchev–Trinajstić information content (AvgIpc) is 2.98. The van der Waals surface area contributed by atoms with E-state index in [1.54, 1.807) is 0 Å². The van der Waals surface area contributed by atoms with Crippen LogP contribution in [0, 0.1) is 5.92 Å². The summed E-state index contributed by atoms with van der Waals surface area (Å²) in [6.45, 7) is 5.12. The van der Waals surface area contributed by atoms with E-state index in [0.717, 1.165) is 25.3 Å². The van der Waals surface area contributed by atoms with Gasteiger partial charge in [-0.3, -0.25) is 4.90 Å². The van der Waals surface area contributed by atoms with Crippen LogP contribution in [0.1, 0.15) is 31.2 Å².